The molecule has 1 aromatic carbocycles. The molecule has 18 heavy (non-hydrogen) atoms. The lowest BCUT2D eigenvalue weighted by Crippen LogP contribution is -2.12. The molecule has 0 spiro atoms. The summed E-state index contributed by atoms with van der Waals surface area (Å²) in [5.41, 5.74) is 0.758. The molecular formula is C12H14BrNO4. The first kappa shape index (κ1) is 14.6. The molecule has 6 heteroatoms. The van der Waals surface area contributed by atoms with Gasteiger partial charge in [-0.25, -0.2) is 0 Å². The van der Waals surface area contributed by atoms with Gasteiger partial charge in [-0.1, -0.05) is 22.9 Å². The maximum Gasteiger partial charge on any atom is 0.306 e. The van der Waals surface area contributed by atoms with E-state index in [0.29, 0.717) is 11.8 Å². The van der Waals surface area contributed by atoms with Gasteiger partial charge in [0.25, 0.3) is 5.69 Å². The van der Waals surface area contributed by atoms with Crippen LogP contribution in [0.25, 0.3) is 0 Å². The number of nitro groups is 1. The highest BCUT2D eigenvalue weighted by Crippen LogP contribution is 2.23. The summed E-state index contributed by atoms with van der Waals surface area (Å²) in [6, 6.07) is 6.00. The molecule has 1 rings (SSSR count). The molecule has 1 aromatic rings. The van der Waals surface area contributed by atoms with Crippen LogP contribution in [0.2, 0.25) is 0 Å². The fourth-order valence-electron chi connectivity index (χ4n) is 1.42. The van der Waals surface area contributed by atoms with E-state index < -0.39 is 11.0 Å². The smallest absolute Gasteiger partial charge is 0.306 e. The van der Waals surface area contributed by atoms with E-state index in [-0.39, 0.29) is 11.7 Å². The lowest BCUT2D eigenvalue weighted by Gasteiger charge is -2.15. The van der Waals surface area contributed by atoms with E-state index in [2.05, 4.69) is 15.9 Å². The highest BCUT2D eigenvalue weighted by atomic mass is 79.9. The Kier molecular flexibility index (Phi) is 5.77. The number of esters is 1. The molecule has 0 amide bonds. The zero-order valence-corrected chi connectivity index (χ0v) is 11.6. The normalized spacial score (nSPS) is 11.9. The standard InChI is InChI=1S/C12H14BrNO4/c1-2-3-12(15)18-11(8-13)9-4-6-10(7-5-9)14(16)17/h4-7,11H,2-3,8H2,1H3. The molecule has 0 bridgehead atoms. The third kappa shape index (κ3) is 4.10. The van der Waals surface area contributed by atoms with E-state index in [0.717, 1.165) is 12.0 Å². The minimum absolute atomic E-state index is 0.0203. The van der Waals surface area contributed by atoms with Crippen molar-refractivity contribution in [2.45, 2.75) is 25.9 Å². The van der Waals surface area contributed by atoms with E-state index in [1.165, 1.54) is 12.1 Å². The molecule has 0 aromatic heterocycles. The number of nitrogens with zero attached hydrogens (tertiary/aromatic N) is 1. The van der Waals surface area contributed by atoms with Crippen LogP contribution in [-0.4, -0.2) is 16.2 Å². The van der Waals surface area contributed by atoms with Crippen LogP contribution >= 0.6 is 15.9 Å². The van der Waals surface area contributed by atoms with Crippen LogP contribution in [0.3, 0.4) is 0 Å². The predicted octanol–water partition coefficient (Wildman–Crippen LogP) is 3.37. The zero-order valence-electron chi connectivity index (χ0n) is 9.97. The Morgan fingerprint density at radius 3 is 2.50 bits per heavy atom. The van der Waals surface area contributed by atoms with Crippen LogP contribution in [-0.2, 0) is 9.53 Å². The van der Waals surface area contributed by atoms with Crippen molar-refractivity contribution in [3.05, 3.63) is 39.9 Å². The summed E-state index contributed by atoms with van der Waals surface area (Å²) in [5.74, 6) is -0.264. The van der Waals surface area contributed by atoms with E-state index >= 15 is 0 Å². The van der Waals surface area contributed by atoms with Gasteiger partial charge in [0.15, 0.2) is 0 Å². The predicted molar refractivity (Wildman–Crippen MR) is 70.6 cm³/mol. The number of hydrogen-bond acceptors (Lipinski definition) is 4. The van der Waals surface area contributed by atoms with E-state index in [4.69, 9.17) is 4.74 Å². The van der Waals surface area contributed by atoms with Crippen LogP contribution in [0.5, 0.6) is 0 Å². The van der Waals surface area contributed by atoms with Crippen LogP contribution in [0.15, 0.2) is 24.3 Å². The first-order valence-corrected chi connectivity index (χ1v) is 6.70. The largest absolute Gasteiger partial charge is 0.457 e. The number of nitro benzene ring substituents is 1. The molecule has 0 heterocycles. The molecule has 0 saturated carbocycles. The molecule has 0 aliphatic carbocycles. The van der Waals surface area contributed by atoms with Gasteiger partial charge in [-0.3, -0.25) is 14.9 Å². The monoisotopic (exact) mass is 315 g/mol. The molecule has 0 aliphatic heterocycles. The minimum atomic E-state index is -0.462. The summed E-state index contributed by atoms with van der Waals surface area (Å²) >= 11 is 3.27. The summed E-state index contributed by atoms with van der Waals surface area (Å²) in [6.07, 6.45) is 0.690. The SMILES string of the molecule is CCCC(=O)OC(CBr)c1ccc([N+](=O)[O-])cc1. The molecule has 0 aliphatic rings. The molecule has 0 N–H and O–H groups in total. The van der Waals surface area contributed by atoms with Crippen molar-refractivity contribution in [2.75, 3.05) is 5.33 Å². The summed E-state index contributed by atoms with van der Waals surface area (Å²) < 4.78 is 5.27. The first-order valence-electron chi connectivity index (χ1n) is 5.58. The van der Waals surface area contributed by atoms with E-state index in [9.17, 15) is 14.9 Å². The number of ether oxygens (including phenoxy) is 1. The average Bonchev–Trinajstić information content (AvgIpc) is 2.36. The third-order valence-electron chi connectivity index (χ3n) is 2.34. The number of alkyl halides is 1. The highest BCUT2D eigenvalue weighted by Gasteiger charge is 2.16. The molecule has 1 unspecified atom stereocenters. The van der Waals surface area contributed by atoms with Crippen molar-refractivity contribution in [3.8, 4) is 0 Å². The second-order valence-corrected chi connectivity index (χ2v) is 4.38. The Hall–Kier alpha value is -1.43. The van der Waals surface area contributed by atoms with Gasteiger partial charge >= 0.3 is 5.97 Å². The van der Waals surface area contributed by atoms with Crippen molar-refractivity contribution >= 4 is 27.6 Å². The van der Waals surface area contributed by atoms with Crippen molar-refractivity contribution in [3.63, 3.8) is 0 Å². The molecular weight excluding hydrogens is 302 g/mol. The van der Waals surface area contributed by atoms with E-state index in [1.807, 2.05) is 6.92 Å². The third-order valence-corrected chi connectivity index (χ3v) is 2.93. The molecule has 0 radical (unpaired) electrons. The number of carbonyl (C=O) groups is 1. The van der Waals surface area contributed by atoms with Gasteiger partial charge in [0.2, 0.25) is 0 Å². The summed E-state index contributed by atoms with van der Waals surface area (Å²) in [4.78, 5) is 21.5. The maximum absolute atomic E-state index is 11.4. The molecule has 0 fully saturated rings. The number of carbonyl (C=O) groups excluding carboxylic acids is 1. The number of non-ortho nitro benzene ring substituents is 1. The Labute approximate surface area is 113 Å². The summed E-state index contributed by atoms with van der Waals surface area (Å²) in [7, 11) is 0. The van der Waals surface area contributed by atoms with Crippen molar-refractivity contribution < 1.29 is 14.5 Å². The molecule has 98 valence electrons. The molecule has 5 nitrogen and oxygen atoms in total. The lowest BCUT2D eigenvalue weighted by atomic mass is 10.1. The molecule has 0 saturated heterocycles. The van der Waals surface area contributed by atoms with Crippen LogP contribution in [0.4, 0.5) is 5.69 Å². The lowest BCUT2D eigenvalue weighted by molar-refractivity contribution is -0.384. The zero-order chi connectivity index (χ0) is 13.5. The second-order valence-electron chi connectivity index (χ2n) is 3.73. The fraction of sp³-hybridized carbons (Fsp3) is 0.417. The van der Waals surface area contributed by atoms with Gasteiger partial charge in [-0.2, -0.15) is 0 Å². The van der Waals surface area contributed by atoms with Gasteiger partial charge in [-0.15, -0.1) is 0 Å². The van der Waals surface area contributed by atoms with Gasteiger partial charge in [0.05, 0.1) is 4.92 Å². The van der Waals surface area contributed by atoms with Crippen molar-refractivity contribution in [2.24, 2.45) is 0 Å². The van der Waals surface area contributed by atoms with Crippen molar-refractivity contribution in [1.82, 2.24) is 0 Å². The highest BCUT2D eigenvalue weighted by molar-refractivity contribution is 9.09. The average molecular weight is 316 g/mol. The molecule has 1 atom stereocenters. The Morgan fingerprint density at radius 2 is 2.06 bits per heavy atom. The van der Waals surface area contributed by atoms with Gasteiger partial charge in [0, 0.05) is 23.9 Å². The van der Waals surface area contributed by atoms with Crippen LogP contribution in [0, 0.1) is 10.1 Å². The van der Waals surface area contributed by atoms with Crippen LogP contribution in [0.1, 0.15) is 31.4 Å². The number of hydrogen-bond donors (Lipinski definition) is 0. The van der Waals surface area contributed by atoms with Crippen LogP contribution < -0.4 is 0 Å². The Bertz CT molecular complexity index is 419. The van der Waals surface area contributed by atoms with Gasteiger partial charge in [-0.05, 0) is 24.1 Å². The minimum Gasteiger partial charge on any atom is -0.457 e. The fourth-order valence-corrected chi connectivity index (χ4v) is 1.93. The van der Waals surface area contributed by atoms with Crippen molar-refractivity contribution in [1.29, 1.82) is 0 Å². The quantitative estimate of drug-likeness (QED) is 0.349. The summed E-state index contributed by atoms with van der Waals surface area (Å²) in [5, 5.41) is 11.0. The second kappa shape index (κ2) is 7.10. The first-order chi connectivity index (χ1) is 8.58. The van der Waals surface area contributed by atoms with Gasteiger partial charge < -0.3 is 4.74 Å². The van der Waals surface area contributed by atoms with E-state index in [1.54, 1.807) is 12.1 Å². The Balaban J connectivity index is 2.76. The topological polar surface area (TPSA) is 69.4 Å². The van der Waals surface area contributed by atoms with Gasteiger partial charge in [0.1, 0.15) is 6.10 Å². The summed E-state index contributed by atoms with van der Waals surface area (Å²) in [6.45, 7) is 1.90. The number of benzene rings is 1. The number of rotatable bonds is 6. The maximum atomic E-state index is 11.4. The Morgan fingerprint density at radius 1 is 1.44 bits per heavy atom. The number of halogens is 1.